The molecule has 0 atom stereocenters. The van der Waals surface area contributed by atoms with E-state index in [1.165, 1.54) is 0 Å². The Morgan fingerprint density at radius 2 is 1.80 bits per heavy atom. The third-order valence-corrected chi connectivity index (χ3v) is 5.85. The smallest absolute Gasteiger partial charge is 0.260 e. The van der Waals surface area contributed by atoms with Crippen LogP contribution in [0.1, 0.15) is 17.3 Å². The Balaban J connectivity index is 1.31. The lowest BCUT2D eigenvalue weighted by atomic mass is 10.0. The number of carbonyl (C=O) groups excluding carboxylic acids is 1. The summed E-state index contributed by atoms with van der Waals surface area (Å²) in [7, 11) is 0. The topological polar surface area (TPSA) is 88.6 Å². The van der Waals surface area contributed by atoms with Crippen molar-refractivity contribution in [2.75, 3.05) is 48.4 Å². The number of benzene rings is 3. The summed E-state index contributed by atoms with van der Waals surface area (Å²) in [6, 6.07) is 21.1. The van der Waals surface area contributed by atoms with E-state index in [1.807, 2.05) is 73.7 Å². The molecule has 2 heterocycles. The number of hydrogen-bond acceptors (Lipinski definition) is 7. The van der Waals surface area contributed by atoms with Crippen LogP contribution in [0.2, 0.25) is 0 Å². The number of ether oxygens (including phenoxy) is 2. The van der Waals surface area contributed by atoms with Crippen LogP contribution in [-0.4, -0.2) is 49.0 Å². The van der Waals surface area contributed by atoms with E-state index in [2.05, 4.69) is 25.7 Å². The standard InChI is InChI=1S/C27H27N5O3/c1-2-35-24-12-7-19-5-3-4-6-23(19)26(24)27(33)30-21-10-8-20(9-11-21)29-25-17-22(18-28-31-25)32-13-15-34-16-14-32/h3-12,17-18H,2,13-16H2,1H3,(H,29,31)(H,30,33). The average Bonchev–Trinajstić information content (AvgIpc) is 2.90. The lowest BCUT2D eigenvalue weighted by Gasteiger charge is -2.28. The zero-order valence-corrected chi connectivity index (χ0v) is 19.5. The Labute approximate surface area is 203 Å². The SMILES string of the molecule is CCOc1ccc2ccccc2c1C(=O)Nc1ccc(Nc2cc(N3CCOCC3)cnn2)cc1. The molecule has 0 aliphatic carbocycles. The molecule has 8 nitrogen and oxygen atoms in total. The normalized spacial score (nSPS) is 13.5. The van der Waals surface area contributed by atoms with Crippen LogP contribution in [0, 0.1) is 0 Å². The van der Waals surface area contributed by atoms with E-state index in [-0.39, 0.29) is 5.91 Å². The molecule has 0 radical (unpaired) electrons. The van der Waals surface area contributed by atoms with Crippen molar-refractivity contribution >= 4 is 39.6 Å². The number of hydrogen-bond donors (Lipinski definition) is 2. The molecule has 2 N–H and O–H groups in total. The first kappa shape index (κ1) is 22.6. The fourth-order valence-electron chi connectivity index (χ4n) is 4.15. The van der Waals surface area contributed by atoms with Crippen LogP contribution in [0.15, 0.2) is 72.9 Å². The van der Waals surface area contributed by atoms with Gasteiger partial charge in [-0.25, -0.2) is 0 Å². The van der Waals surface area contributed by atoms with Crippen LogP contribution in [0.3, 0.4) is 0 Å². The average molecular weight is 470 g/mol. The first-order chi connectivity index (χ1) is 17.2. The molecule has 0 saturated carbocycles. The van der Waals surface area contributed by atoms with Crippen molar-refractivity contribution < 1.29 is 14.3 Å². The van der Waals surface area contributed by atoms with Crippen molar-refractivity contribution in [3.63, 3.8) is 0 Å². The van der Waals surface area contributed by atoms with E-state index in [9.17, 15) is 4.79 Å². The van der Waals surface area contributed by atoms with Crippen molar-refractivity contribution in [1.82, 2.24) is 10.2 Å². The van der Waals surface area contributed by atoms with Crippen LogP contribution in [-0.2, 0) is 4.74 Å². The van der Waals surface area contributed by atoms with Gasteiger partial charge in [0.05, 0.1) is 37.3 Å². The minimum absolute atomic E-state index is 0.213. The summed E-state index contributed by atoms with van der Waals surface area (Å²) in [6.45, 7) is 5.48. The molecule has 5 rings (SSSR count). The molecule has 8 heteroatoms. The van der Waals surface area contributed by atoms with E-state index in [1.54, 1.807) is 6.20 Å². The van der Waals surface area contributed by atoms with Crippen LogP contribution in [0.5, 0.6) is 5.75 Å². The molecule has 4 aromatic rings. The predicted octanol–water partition coefficient (Wildman–Crippen LogP) is 4.86. The van der Waals surface area contributed by atoms with Gasteiger partial charge in [-0.2, -0.15) is 5.10 Å². The highest BCUT2D eigenvalue weighted by Gasteiger charge is 2.17. The van der Waals surface area contributed by atoms with Gasteiger partial charge in [-0.05, 0) is 48.0 Å². The van der Waals surface area contributed by atoms with E-state index in [0.29, 0.717) is 42.6 Å². The number of morpholine rings is 1. The molecule has 0 unspecified atom stereocenters. The van der Waals surface area contributed by atoms with Gasteiger partial charge in [0.2, 0.25) is 0 Å². The maximum Gasteiger partial charge on any atom is 0.260 e. The lowest BCUT2D eigenvalue weighted by Crippen LogP contribution is -2.36. The Morgan fingerprint density at radius 3 is 2.60 bits per heavy atom. The van der Waals surface area contributed by atoms with Gasteiger partial charge in [-0.1, -0.05) is 30.3 Å². The second-order valence-electron chi connectivity index (χ2n) is 8.15. The Kier molecular flexibility index (Phi) is 6.72. The summed E-state index contributed by atoms with van der Waals surface area (Å²) < 4.78 is 11.2. The van der Waals surface area contributed by atoms with Crippen molar-refractivity contribution in [2.45, 2.75) is 6.92 Å². The summed E-state index contributed by atoms with van der Waals surface area (Å²) in [4.78, 5) is 15.5. The highest BCUT2D eigenvalue weighted by molar-refractivity contribution is 6.15. The van der Waals surface area contributed by atoms with Crippen LogP contribution >= 0.6 is 0 Å². The van der Waals surface area contributed by atoms with Crippen molar-refractivity contribution in [3.8, 4) is 5.75 Å². The molecule has 35 heavy (non-hydrogen) atoms. The number of rotatable bonds is 7. The van der Waals surface area contributed by atoms with E-state index < -0.39 is 0 Å². The van der Waals surface area contributed by atoms with Crippen molar-refractivity contribution in [2.24, 2.45) is 0 Å². The van der Waals surface area contributed by atoms with E-state index >= 15 is 0 Å². The van der Waals surface area contributed by atoms with Crippen molar-refractivity contribution in [3.05, 3.63) is 78.5 Å². The minimum Gasteiger partial charge on any atom is -0.493 e. The van der Waals surface area contributed by atoms with Gasteiger partial charge < -0.3 is 25.0 Å². The highest BCUT2D eigenvalue weighted by Crippen LogP contribution is 2.29. The summed E-state index contributed by atoms with van der Waals surface area (Å²) in [5.41, 5.74) is 3.07. The van der Waals surface area contributed by atoms with Gasteiger partial charge in [0, 0.05) is 30.5 Å². The molecule has 1 fully saturated rings. The Bertz CT molecular complexity index is 1320. The first-order valence-corrected chi connectivity index (χ1v) is 11.7. The minimum atomic E-state index is -0.213. The number of carbonyl (C=O) groups is 1. The number of nitrogens with zero attached hydrogens (tertiary/aromatic N) is 3. The molecule has 1 amide bonds. The number of anilines is 4. The molecular weight excluding hydrogens is 442 g/mol. The van der Waals surface area contributed by atoms with Crippen LogP contribution in [0.4, 0.5) is 22.9 Å². The molecule has 1 aliphatic heterocycles. The van der Waals surface area contributed by atoms with Gasteiger partial charge in [0.1, 0.15) is 5.75 Å². The fraction of sp³-hybridized carbons (Fsp3) is 0.222. The van der Waals surface area contributed by atoms with Crippen molar-refractivity contribution in [1.29, 1.82) is 0 Å². The Morgan fingerprint density at radius 1 is 1.03 bits per heavy atom. The number of fused-ring (bicyclic) bond motifs is 1. The van der Waals surface area contributed by atoms with Crippen LogP contribution in [0.25, 0.3) is 10.8 Å². The summed E-state index contributed by atoms with van der Waals surface area (Å²) in [5.74, 6) is 1.01. The van der Waals surface area contributed by atoms with E-state index in [4.69, 9.17) is 9.47 Å². The molecule has 1 saturated heterocycles. The molecule has 1 aromatic heterocycles. The molecule has 0 bridgehead atoms. The molecule has 178 valence electrons. The van der Waals surface area contributed by atoms with Gasteiger partial charge >= 0.3 is 0 Å². The third kappa shape index (κ3) is 5.17. The second-order valence-corrected chi connectivity index (χ2v) is 8.15. The monoisotopic (exact) mass is 469 g/mol. The van der Waals surface area contributed by atoms with Gasteiger partial charge in [0.15, 0.2) is 5.82 Å². The lowest BCUT2D eigenvalue weighted by molar-refractivity contribution is 0.102. The summed E-state index contributed by atoms with van der Waals surface area (Å²) in [5, 5.41) is 16.4. The summed E-state index contributed by atoms with van der Waals surface area (Å²) in [6.07, 6.45) is 1.76. The first-order valence-electron chi connectivity index (χ1n) is 11.7. The van der Waals surface area contributed by atoms with Crippen LogP contribution < -0.4 is 20.3 Å². The number of nitrogens with one attached hydrogen (secondary N) is 2. The summed E-state index contributed by atoms with van der Waals surface area (Å²) >= 11 is 0. The quantitative estimate of drug-likeness (QED) is 0.400. The predicted molar refractivity (Wildman–Crippen MR) is 138 cm³/mol. The van der Waals surface area contributed by atoms with Gasteiger partial charge in [-0.3, -0.25) is 4.79 Å². The highest BCUT2D eigenvalue weighted by atomic mass is 16.5. The molecular formula is C27H27N5O3. The number of amides is 1. The van der Waals surface area contributed by atoms with E-state index in [0.717, 1.165) is 35.2 Å². The Hall–Kier alpha value is -4.17. The maximum absolute atomic E-state index is 13.2. The molecule has 0 spiro atoms. The largest absolute Gasteiger partial charge is 0.493 e. The zero-order valence-electron chi connectivity index (χ0n) is 19.5. The van der Waals surface area contributed by atoms with Gasteiger partial charge in [-0.15, -0.1) is 5.10 Å². The third-order valence-electron chi connectivity index (χ3n) is 5.85. The van der Waals surface area contributed by atoms with Gasteiger partial charge in [0.25, 0.3) is 5.91 Å². The fourth-order valence-corrected chi connectivity index (χ4v) is 4.15. The number of aromatic nitrogens is 2. The molecule has 1 aliphatic rings. The second kappa shape index (κ2) is 10.4. The maximum atomic E-state index is 13.2. The zero-order chi connectivity index (χ0) is 24.0. The molecule has 3 aromatic carbocycles.